The van der Waals surface area contributed by atoms with Crippen LogP contribution in [-0.4, -0.2) is 33.2 Å². The Morgan fingerprint density at radius 1 is 1.50 bits per heavy atom. The fourth-order valence-corrected chi connectivity index (χ4v) is 1.22. The predicted molar refractivity (Wildman–Crippen MR) is 53.6 cm³/mol. The molecule has 1 amide bonds. The van der Waals surface area contributed by atoms with Crippen molar-refractivity contribution < 1.29 is 9.63 Å². The molecular weight excluding hydrogens is 210 g/mol. The van der Waals surface area contributed by atoms with Crippen molar-refractivity contribution in [3.8, 4) is 5.69 Å². The van der Waals surface area contributed by atoms with Crippen LogP contribution in [0.5, 0.6) is 0 Å². The zero-order chi connectivity index (χ0) is 11.4. The molecular formula is C9H9N5O2. The molecule has 1 aromatic carbocycles. The first kappa shape index (κ1) is 10.2. The summed E-state index contributed by atoms with van der Waals surface area (Å²) in [5.41, 5.74) is 3.40. The van der Waals surface area contributed by atoms with Crippen molar-refractivity contribution >= 4 is 5.91 Å². The molecule has 0 spiro atoms. The second kappa shape index (κ2) is 4.49. The smallest absolute Gasteiger partial charge is 0.274 e. The van der Waals surface area contributed by atoms with Crippen molar-refractivity contribution in [2.24, 2.45) is 0 Å². The van der Waals surface area contributed by atoms with Crippen LogP contribution in [0.1, 0.15) is 10.4 Å². The number of hydrogen-bond acceptors (Lipinski definition) is 5. The first-order chi connectivity index (χ1) is 7.81. The van der Waals surface area contributed by atoms with E-state index in [0.29, 0.717) is 11.3 Å². The number of aromatic nitrogens is 4. The minimum Gasteiger partial charge on any atom is -0.277 e. The second-order valence-electron chi connectivity index (χ2n) is 2.94. The molecule has 0 saturated carbocycles. The molecule has 2 rings (SSSR count). The number of carbonyl (C=O) groups is 1. The Bertz CT molecular complexity index is 482. The van der Waals surface area contributed by atoms with E-state index in [1.807, 2.05) is 0 Å². The van der Waals surface area contributed by atoms with E-state index in [-0.39, 0.29) is 5.91 Å². The highest BCUT2D eigenvalue weighted by Gasteiger charge is 2.06. The summed E-state index contributed by atoms with van der Waals surface area (Å²) in [6, 6.07) is 6.86. The van der Waals surface area contributed by atoms with Crippen LogP contribution < -0.4 is 5.48 Å². The van der Waals surface area contributed by atoms with E-state index in [0.717, 1.165) is 0 Å². The predicted octanol–water partition coefficient (Wildman–Crippen LogP) is -0.0465. The SMILES string of the molecule is CONC(=O)c1cccc(-n2cnnn2)c1. The first-order valence-corrected chi connectivity index (χ1v) is 4.48. The molecule has 16 heavy (non-hydrogen) atoms. The lowest BCUT2D eigenvalue weighted by atomic mass is 10.2. The van der Waals surface area contributed by atoms with Gasteiger partial charge in [0.25, 0.3) is 5.91 Å². The van der Waals surface area contributed by atoms with E-state index in [2.05, 4.69) is 25.8 Å². The summed E-state index contributed by atoms with van der Waals surface area (Å²) >= 11 is 0. The molecule has 82 valence electrons. The van der Waals surface area contributed by atoms with E-state index < -0.39 is 0 Å². The number of hydrogen-bond donors (Lipinski definition) is 1. The third kappa shape index (κ3) is 2.04. The van der Waals surface area contributed by atoms with Crippen LogP contribution in [0.3, 0.4) is 0 Å². The van der Waals surface area contributed by atoms with Crippen molar-refractivity contribution in [1.29, 1.82) is 0 Å². The molecule has 0 saturated heterocycles. The monoisotopic (exact) mass is 219 g/mol. The molecule has 1 N–H and O–H groups in total. The molecule has 7 nitrogen and oxygen atoms in total. The molecule has 0 aliphatic carbocycles. The van der Waals surface area contributed by atoms with E-state index in [1.165, 1.54) is 18.1 Å². The van der Waals surface area contributed by atoms with Gasteiger partial charge < -0.3 is 0 Å². The van der Waals surface area contributed by atoms with E-state index >= 15 is 0 Å². The maximum absolute atomic E-state index is 11.5. The lowest BCUT2D eigenvalue weighted by Gasteiger charge is -2.04. The van der Waals surface area contributed by atoms with Crippen molar-refractivity contribution in [2.75, 3.05) is 7.11 Å². The van der Waals surface area contributed by atoms with Gasteiger partial charge in [-0.1, -0.05) is 6.07 Å². The molecule has 0 atom stereocenters. The first-order valence-electron chi connectivity index (χ1n) is 4.48. The third-order valence-corrected chi connectivity index (χ3v) is 1.92. The van der Waals surface area contributed by atoms with Crippen LogP contribution in [0.25, 0.3) is 5.69 Å². The summed E-state index contributed by atoms with van der Waals surface area (Å²) in [5, 5.41) is 10.8. The van der Waals surface area contributed by atoms with E-state index in [1.54, 1.807) is 24.3 Å². The Balaban J connectivity index is 2.30. The van der Waals surface area contributed by atoms with Gasteiger partial charge in [0.1, 0.15) is 6.33 Å². The summed E-state index contributed by atoms with van der Waals surface area (Å²) in [7, 11) is 1.38. The van der Waals surface area contributed by atoms with Gasteiger partial charge in [0, 0.05) is 5.56 Å². The maximum Gasteiger partial charge on any atom is 0.274 e. The number of amides is 1. The number of rotatable bonds is 3. The molecule has 0 radical (unpaired) electrons. The van der Waals surface area contributed by atoms with Crippen LogP contribution in [-0.2, 0) is 4.84 Å². The maximum atomic E-state index is 11.5. The second-order valence-corrected chi connectivity index (χ2v) is 2.94. The van der Waals surface area contributed by atoms with Gasteiger partial charge >= 0.3 is 0 Å². The van der Waals surface area contributed by atoms with Crippen molar-refractivity contribution in [1.82, 2.24) is 25.7 Å². The molecule has 2 aromatic rings. The molecule has 0 aliphatic heterocycles. The highest BCUT2D eigenvalue weighted by atomic mass is 16.6. The minimum atomic E-state index is -0.322. The van der Waals surface area contributed by atoms with Gasteiger partial charge in [-0.2, -0.15) is 0 Å². The van der Waals surface area contributed by atoms with Crippen LogP contribution in [0, 0.1) is 0 Å². The molecule has 0 bridgehead atoms. The number of benzene rings is 1. The van der Waals surface area contributed by atoms with Crippen LogP contribution in [0.15, 0.2) is 30.6 Å². The average Bonchev–Trinajstić information content (AvgIpc) is 2.83. The Hall–Kier alpha value is -2.28. The Morgan fingerprint density at radius 3 is 3.06 bits per heavy atom. The largest absolute Gasteiger partial charge is 0.277 e. The number of carbonyl (C=O) groups excluding carboxylic acids is 1. The van der Waals surface area contributed by atoms with Crippen molar-refractivity contribution in [2.45, 2.75) is 0 Å². The van der Waals surface area contributed by atoms with Crippen molar-refractivity contribution in [3.63, 3.8) is 0 Å². The summed E-state index contributed by atoms with van der Waals surface area (Å²) in [4.78, 5) is 16.0. The molecule has 0 fully saturated rings. The van der Waals surface area contributed by atoms with E-state index in [4.69, 9.17) is 0 Å². The van der Waals surface area contributed by atoms with Gasteiger partial charge in [0.15, 0.2) is 0 Å². The van der Waals surface area contributed by atoms with E-state index in [9.17, 15) is 4.79 Å². The summed E-state index contributed by atoms with van der Waals surface area (Å²) in [5.74, 6) is -0.322. The fraction of sp³-hybridized carbons (Fsp3) is 0.111. The summed E-state index contributed by atoms with van der Waals surface area (Å²) in [6.45, 7) is 0. The number of tetrazole rings is 1. The van der Waals surface area contributed by atoms with Crippen LogP contribution in [0.4, 0.5) is 0 Å². The zero-order valence-corrected chi connectivity index (χ0v) is 8.49. The third-order valence-electron chi connectivity index (χ3n) is 1.92. The van der Waals surface area contributed by atoms with Gasteiger partial charge in [-0.05, 0) is 28.6 Å². The Kier molecular flexibility index (Phi) is 2.88. The molecule has 1 heterocycles. The Morgan fingerprint density at radius 2 is 2.38 bits per heavy atom. The quantitative estimate of drug-likeness (QED) is 0.732. The molecule has 7 heteroatoms. The van der Waals surface area contributed by atoms with Gasteiger partial charge in [-0.3, -0.25) is 9.63 Å². The number of hydroxylamine groups is 1. The average molecular weight is 219 g/mol. The number of nitrogens with one attached hydrogen (secondary N) is 1. The normalized spacial score (nSPS) is 10.1. The Labute approximate surface area is 91.0 Å². The summed E-state index contributed by atoms with van der Waals surface area (Å²) in [6.07, 6.45) is 1.45. The zero-order valence-electron chi connectivity index (χ0n) is 8.49. The topological polar surface area (TPSA) is 81.9 Å². The number of nitrogens with zero attached hydrogens (tertiary/aromatic N) is 4. The van der Waals surface area contributed by atoms with Gasteiger partial charge in [-0.25, -0.2) is 10.2 Å². The van der Waals surface area contributed by atoms with Gasteiger partial charge in [-0.15, -0.1) is 5.10 Å². The van der Waals surface area contributed by atoms with Gasteiger partial charge in [0.05, 0.1) is 12.8 Å². The van der Waals surface area contributed by atoms with Gasteiger partial charge in [0.2, 0.25) is 0 Å². The fourth-order valence-electron chi connectivity index (χ4n) is 1.22. The van der Waals surface area contributed by atoms with Crippen LogP contribution in [0.2, 0.25) is 0 Å². The standard InChI is InChI=1S/C9H9N5O2/c1-16-11-9(15)7-3-2-4-8(5-7)14-6-10-12-13-14/h2-6H,1H3,(H,11,15). The van der Waals surface area contributed by atoms with Crippen LogP contribution >= 0.6 is 0 Å². The highest BCUT2D eigenvalue weighted by Crippen LogP contribution is 2.08. The van der Waals surface area contributed by atoms with Crippen molar-refractivity contribution in [3.05, 3.63) is 36.2 Å². The lowest BCUT2D eigenvalue weighted by molar-refractivity contribution is 0.0537. The summed E-state index contributed by atoms with van der Waals surface area (Å²) < 4.78 is 1.46. The molecule has 1 aromatic heterocycles. The molecule has 0 unspecified atom stereocenters. The lowest BCUT2D eigenvalue weighted by Crippen LogP contribution is -2.21. The highest BCUT2D eigenvalue weighted by molar-refractivity contribution is 5.93. The molecule has 0 aliphatic rings. The minimum absolute atomic E-state index is 0.322.